The van der Waals surface area contributed by atoms with Crippen molar-refractivity contribution in [3.63, 3.8) is 0 Å². The predicted octanol–water partition coefficient (Wildman–Crippen LogP) is 4.92. The average molecular weight is 429 g/mol. The van der Waals surface area contributed by atoms with Crippen molar-refractivity contribution in [2.24, 2.45) is 0 Å². The summed E-state index contributed by atoms with van der Waals surface area (Å²) in [5, 5.41) is 5.24. The third-order valence-corrected chi connectivity index (χ3v) is 6.73. The minimum Gasteiger partial charge on any atom is -0.295 e. The normalized spacial score (nSPS) is 15.9. The first-order valence-electron chi connectivity index (χ1n) is 9.93. The molecule has 1 aliphatic heterocycles. The molecule has 0 atom stereocenters. The molecule has 2 aromatic heterocycles. The zero-order valence-electron chi connectivity index (χ0n) is 17.0. The maximum atomic E-state index is 13.1. The number of hydrogen-bond acceptors (Lipinski definition) is 4. The van der Waals surface area contributed by atoms with Gasteiger partial charge in [0.25, 0.3) is 5.56 Å². The van der Waals surface area contributed by atoms with Gasteiger partial charge in [-0.3, -0.25) is 14.8 Å². The summed E-state index contributed by atoms with van der Waals surface area (Å²) >= 11 is 8.07. The van der Waals surface area contributed by atoms with Crippen LogP contribution in [-0.4, -0.2) is 32.8 Å². The van der Waals surface area contributed by atoms with E-state index in [-0.39, 0.29) is 5.56 Å². The summed E-state index contributed by atoms with van der Waals surface area (Å²) in [5.74, 6) is 0. The molecule has 7 heteroatoms. The van der Waals surface area contributed by atoms with Crippen LogP contribution in [0.5, 0.6) is 0 Å². The fourth-order valence-electron chi connectivity index (χ4n) is 3.84. The first-order chi connectivity index (χ1) is 14.0. The molecule has 0 unspecified atom stereocenters. The van der Waals surface area contributed by atoms with Crippen LogP contribution in [0.2, 0.25) is 0 Å². The Hall–Kier alpha value is -2.15. The molecule has 0 bridgehead atoms. The predicted molar refractivity (Wildman–Crippen MR) is 121 cm³/mol. The summed E-state index contributed by atoms with van der Waals surface area (Å²) in [6, 6.07) is 5.97. The number of benzene rings is 1. The Morgan fingerprint density at radius 2 is 2.24 bits per heavy atom. The molecule has 1 aromatic carbocycles. The molecule has 3 heterocycles. The number of halogens is 1. The van der Waals surface area contributed by atoms with Gasteiger partial charge in [-0.2, -0.15) is 0 Å². The summed E-state index contributed by atoms with van der Waals surface area (Å²) in [4.78, 5) is 19.9. The van der Waals surface area contributed by atoms with Crippen molar-refractivity contribution in [1.29, 1.82) is 0 Å². The fraction of sp³-hybridized carbons (Fsp3) is 0.364. The highest BCUT2D eigenvalue weighted by atomic mass is 35.5. The summed E-state index contributed by atoms with van der Waals surface area (Å²) in [6.45, 7) is 8.35. The number of nitrogens with one attached hydrogen (secondary N) is 1. The van der Waals surface area contributed by atoms with Crippen LogP contribution in [0.4, 0.5) is 0 Å². The quantitative estimate of drug-likeness (QED) is 0.587. The zero-order valence-corrected chi connectivity index (χ0v) is 18.5. The molecule has 0 saturated heterocycles. The Morgan fingerprint density at radius 1 is 1.41 bits per heavy atom. The number of nitrogens with zero attached hydrogens (tertiary/aromatic N) is 3. The Bertz CT molecular complexity index is 1170. The second-order valence-corrected chi connectivity index (χ2v) is 9.03. The Labute approximate surface area is 179 Å². The molecular weight excluding hydrogens is 404 g/mol. The van der Waals surface area contributed by atoms with Crippen molar-refractivity contribution in [3.05, 3.63) is 67.6 Å². The van der Waals surface area contributed by atoms with Crippen LogP contribution >= 0.6 is 22.9 Å². The first kappa shape index (κ1) is 20.1. The van der Waals surface area contributed by atoms with Gasteiger partial charge in [-0.25, -0.2) is 9.67 Å². The Morgan fingerprint density at radius 3 is 3.00 bits per heavy atom. The fourth-order valence-corrected chi connectivity index (χ4v) is 4.83. The number of allylic oxidation sites excluding steroid dienone is 2. The van der Waals surface area contributed by atoms with Gasteiger partial charge in [0.15, 0.2) is 0 Å². The topological polar surface area (TPSA) is 53.9 Å². The number of H-pyrrole nitrogens is 1. The monoisotopic (exact) mass is 428 g/mol. The van der Waals surface area contributed by atoms with Gasteiger partial charge in [0.05, 0.1) is 26.5 Å². The summed E-state index contributed by atoms with van der Waals surface area (Å²) in [6.07, 6.45) is 5.73. The summed E-state index contributed by atoms with van der Waals surface area (Å²) in [7, 11) is 0. The van der Waals surface area contributed by atoms with Crippen molar-refractivity contribution >= 4 is 33.2 Å². The second-order valence-electron chi connectivity index (χ2n) is 7.34. The molecule has 29 heavy (non-hydrogen) atoms. The summed E-state index contributed by atoms with van der Waals surface area (Å²) < 4.78 is 2.76. The average Bonchev–Trinajstić information content (AvgIpc) is 3.25. The maximum Gasteiger partial charge on any atom is 0.275 e. The molecule has 3 aromatic rings. The molecule has 0 spiro atoms. The van der Waals surface area contributed by atoms with E-state index in [1.54, 1.807) is 16.0 Å². The van der Waals surface area contributed by atoms with Crippen LogP contribution < -0.4 is 5.56 Å². The zero-order chi connectivity index (χ0) is 20.5. The lowest BCUT2D eigenvalue weighted by Crippen LogP contribution is -2.34. The third kappa shape index (κ3) is 3.97. The van der Waals surface area contributed by atoms with Crippen LogP contribution in [0.15, 0.2) is 45.8 Å². The van der Waals surface area contributed by atoms with Gasteiger partial charge in [0.2, 0.25) is 0 Å². The molecular formula is C22H25ClN4OS. The molecule has 0 saturated carbocycles. The number of fused-ring (bicyclic) bond motifs is 2. The Balaban J connectivity index is 1.63. The van der Waals surface area contributed by atoms with Crippen LogP contribution in [0, 0.1) is 6.92 Å². The van der Waals surface area contributed by atoms with Gasteiger partial charge in [-0.15, -0.1) is 11.3 Å². The molecule has 4 rings (SSSR count). The second kappa shape index (κ2) is 8.30. The molecule has 5 nitrogen and oxygen atoms in total. The van der Waals surface area contributed by atoms with Gasteiger partial charge in [0.1, 0.15) is 0 Å². The minimum absolute atomic E-state index is 0.0310. The third-order valence-electron chi connectivity index (χ3n) is 5.29. The standard InChI is InChI=1S/C22H25ClN4OS/c1-4-6-15(18(23)5-2)12-26-10-9-19-17(13-26)22(28)27(25-19)16-7-8-20-21(11-16)29-14(3)24-20/h4,6-8,11,25H,5,9-10,12-13H2,1-3H3/b6-4-,18-15-. The van der Waals surface area contributed by atoms with Crippen molar-refractivity contribution in [1.82, 2.24) is 19.7 Å². The highest BCUT2D eigenvalue weighted by Gasteiger charge is 2.24. The van der Waals surface area contributed by atoms with E-state index in [1.165, 1.54) is 0 Å². The molecule has 1 aliphatic rings. The van der Waals surface area contributed by atoms with E-state index in [4.69, 9.17) is 11.6 Å². The van der Waals surface area contributed by atoms with Crippen molar-refractivity contribution in [3.8, 4) is 5.69 Å². The van der Waals surface area contributed by atoms with E-state index in [9.17, 15) is 4.79 Å². The van der Waals surface area contributed by atoms with Gasteiger partial charge in [0, 0.05) is 36.8 Å². The van der Waals surface area contributed by atoms with Gasteiger partial charge in [-0.05, 0) is 44.0 Å². The van der Waals surface area contributed by atoms with E-state index in [0.29, 0.717) is 6.54 Å². The van der Waals surface area contributed by atoms with Crippen molar-refractivity contribution in [2.45, 2.75) is 40.2 Å². The van der Waals surface area contributed by atoms with Crippen LogP contribution in [-0.2, 0) is 13.0 Å². The number of aryl methyl sites for hydroxylation is 1. The first-order valence-corrected chi connectivity index (χ1v) is 11.1. The lowest BCUT2D eigenvalue weighted by atomic mass is 10.1. The lowest BCUT2D eigenvalue weighted by molar-refractivity contribution is 0.275. The maximum absolute atomic E-state index is 13.1. The van der Waals surface area contributed by atoms with Crippen LogP contribution in [0.25, 0.3) is 15.9 Å². The lowest BCUT2D eigenvalue weighted by Gasteiger charge is -2.26. The Kier molecular flexibility index (Phi) is 5.76. The minimum atomic E-state index is 0.0310. The smallest absolute Gasteiger partial charge is 0.275 e. The van der Waals surface area contributed by atoms with E-state index < -0.39 is 0 Å². The van der Waals surface area contributed by atoms with Crippen molar-refractivity contribution < 1.29 is 0 Å². The molecule has 0 aliphatic carbocycles. The van der Waals surface area contributed by atoms with Gasteiger partial charge in [-0.1, -0.05) is 30.7 Å². The van der Waals surface area contributed by atoms with E-state index >= 15 is 0 Å². The van der Waals surface area contributed by atoms with Crippen LogP contribution in [0.3, 0.4) is 0 Å². The van der Waals surface area contributed by atoms with Crippen LogP contribution in [0.1, 0.15) is 36.5 Å². The number of rotatable bonds is 5. The van der Waals surface area contributed by atoms with Crippen molar-refractivity contribution in [2.75, 3.05) is 13.1 Å². The van der Waals surface area contributed by atoms with E-state index in [2.05, 4.69) is 28.0 Å². The number of aromatic amines is 1. The number of aromatic nitrogens is 3. The largest absolute Gasteiger partial charge is 0.295 e. The highest BCUT2D eigenvalue weighted by molar-refractivity contribution is 7.18. The van der Waals surface area contributed by atoms with E-state index in [0.717, 1.165) is 68.7 Å². The molecule has 0 radical (unpaired) electrons. The molecule has 0 fully saturated rings. The number of hydrogen-bond donors (Lipinski definition) is 1. The highest BCUT2D eigenvalue weighted by Crippen LogP contribution is 2.25. The molecule has 0 amide bonds. The molecule has 152 valence electrons. The van der Waals surface area contributed by atoms with E-state index in [1.807, 2.05) is 38.1 Å². The SMILES string of the molecule is C/C=C\C(CN1CCc2[nH]n(-c3ccc4nc(C)sc4c3)c(=O)c2C1)=C(\Cl)CC. The molecule has 1 N–H and O–H groups in total. The number of thiazole rings is 1. The van der Waals surface area contributed by atoms with Gasteiger partial charge < -0.3 is 0 Å². The summed E-state index contributed by atoms with van der Waals surface area (Å²) in [5.41, 5.74) is 4.87. The van der Waals surface area contributed by atoms with Gasteiger partial charge >= 0.3 is 0 Å².